The van der Waals surface area contributed by atoms with Gasteiger partial charge in [0.1, 0.15) is 24.7 Å². The number of carbonyl (C=O) groups excluding carboxylic acids is 2. The smallest absolute Gasteiger partial charge is 0.374 e. The van der Waals surface area contributed by atoms with Crippen LogP contribution in [0.25, 0.3) is 0 Å². The topological polar surface area (TPSA) is 89.9 Å². The molecule has 0 spiro atoms. The van der Waals surface area contributed by atoms with Crippen molar-refractivity contribution in [3.8, 4) is 0 Å². The van der Waals surface area contributed by atoms with Crippen molar-refractivity contribution in [1.82, 2.24) is 0 Å². The Hall–Kier alpha value is -2.34. The van der Waals surface area contributed by atoms with Gasteiger partial charge in [0.05, 0.1) is 0 Å². The number of rotatable bonds is 5. The Morgan fingerprint density at radius 3 is 2.61 bits per heavy atom. The van der Waals surface area contributed by atoms with E-state index in [1.165, 1.54) is 24.3 Å². The molecular formula is C12H10O6. The molecular weight excluding hydrogens is 240 g/mol. The summed E-state index contributed by atoms with van der Waals surface area (Å²) in [4.78, 5) is 21.9. The highest BCUT2D eigenvalue weighted by atomic mass is 16.6. The van der Waals surface area contributed by atoms with E-state index in [1.807, 2.05) is 0 Å². The van der Waals surface area contributed by atoms with Crippen LogP contribution in [0.1, 0.15) is 32.6 Å². The van der Waals surface area contributed by atoms with Gasteiger partial charge in [0.2, 0.25) is 5.76 Å². The van der Waals surface area contributed by atoms with Crippen LogP contribution in [0, 0.1) is 0 Å². The Bertz CT molecular complexity index is 550. The van der Waals surface area contributed by atoms with E-state index in [-0.39, 0.29) is 30.5 Å². The summed E-state index contributed by atoms with van der Waals surface area (Å²) in [5.41, 5.74) is 0. The van der Waals surface area contributed by atoms with Gasteiger partial charge < -0.3 is 18.7 Å². The van der Waals surface area contributed by atoms with Crippen molar-refractivity contribution in [2.24, 2.45) is 0 Å². The summed E-state index contributed by atoms with van der Waals surface area (Å²) in [6.07, 6.45) is 0.561. The molecule has 0 amide bonds. The maximum absolute atomic E-state index is 11.5. The molecule has 2 aromatic heterocycles. The minimum absolute atomic E-state index is 0.00113. The fourth-order valence-corrected chi connectivity index (χ4v) is 1.32. The van der Waals surface area contributed by atoms with Gasteiger partial charge in [-0.1, -0.05) is 0 Å². The Kier molecular flexibility index (Phi) is 3.59. The number of furan rings is 2. The first-order chi connectivity index (χ1) is 8.72. The lowest BCUT2D eigenvalue weighted by Gasteiger charge is -1.99. The van der Waals surface area contributed by atoms with Crippen LogP contribution in [0.2, 0.25) is 0 Å². The second-order valence-electron chi connectivity index (χ2n) is 3.42. The van der Waals surface area contributed by atoms with Gasteiger partial charge in [-0.05, 0) is 24.3 Å². The number of hydrogen-bond acceptors (Lipinski definition) is 6. The predicted molar refractivity (Wildman–Crippen MR) is 57.8 cm³/mol. The molecule has 0 saturated carbocycles. The van der Waals surface area contributed by atoms with Crippen LogP contribution in [0.4, 0.5) is 0 Å². The number of esters is 1. The van der Waals surface area contributed by atoms with Crippen molar-refractivity contribution >= 4 is 12.3 Å². The van der Waals surface area contributed by atoms with E-state index in [0.717, 1.165) is 0 Å². The summed E-state index contributed by atoms with van der Waals surface area (Å²) in [5, 5.41) is 8.78. The maximum atomic E-state index is 11.5. The summed E-state index contributed by atoms with van der Waals surface area (Å²) in [6.45, 7) is -0.379. The average Bonchev–Trinajstić information content (AvgIpc) is 3.04. The second-order valence-corrected chi connectivity index (χ2v) is 3.42. The third-order valence-electron chi connectivity index (χ3n) is 2.16. The van der Waals surface area contributed by atoms with Gasteiger partial charge in [-0.2, -0.15) is 0 Å². The molecule has 0 aliphatic rings. The Morgan fingerprint density at radius 1 is 1.22 bits per heavy atom. The fourth-order valence-electron chi connectivity index (χ4n) is 1.32. The number of hydrogen-bond donors (Lipinski definition) is 1. The molecule has 0 atom stereocenters. The van der Waals surface area contributed by atoms with Gasteiger partial charge in [-0.25, -0.2) is 4.79 Å². The van der Waals surface area contributed by atoms with Crippen molar-refractivity contribution in [1.29, 1.82) is 0 Å². The van der Waals surface area contributed by atoms with Gasteiger partial charge >= 0.3 is 5.97 Å². The molecule has 0 aliphatic carbocycles. The molecule has 2 rings (SSSR count). The average molecular weight is 250 g/mol. The molecule has 0 unspecified atom stereocenters. The Morgan fingerprint density at radius 2 is 2.00 bits per heavy atom. The van der Waals surface area contributed by atoms with Crippen molar-refractivity contribution in [2.75, 3.05) is 0 Å². The summed E-state index contributed by atoms with van der Waals surface area (Å²) in [6, 6.07) is 5.91. The van der Waals surface area contributed by atoms with E-state index >= 15 is 0 Å². The van der Waals surface area contributed by atoms with Crippen LogP contribution in [0.5, 0.6) is 0 Å². The van der Waals surface area contributed by atoms with Crippen LogP contribution >= 0.6 is 0 Å². The SMILES string of the molecule is O=Cc1ccc(COC(=O)c2ccc(CO)o2)o1. The zero-order valence-electron chi connectivity index (χ0n) is 9.29. The number of carbonyl (C=O) groups is 2. The third-order valence-corrected chi connectivity index (χ3v) is 2.16. The van der Waals surface area contributed by atoms with Gasteiger partial charge in [0, 0.05) is 0 Å². The van der Waals surface area contributed by atoms with Crippen molar-refractivity contribution in [3.05, 3.63) is 47.3 Å². The van der Waals surface area contributed by atoms with E-state index in [1.54, 1.807) is 0 Å². The van der Waals surface area contributed by atoms with E-state index in [9.17, 15) is 9.59 Å². The first kappa shape index (κ1) is 12.1. The molecule has 18 heavy (non-hydrogen) atoms. The van der Waals surface area contributed by atoms with Crippen LogP contribution in [-0.4, -0.2) is 17.4 Å². The van der Waals surface area contributed by atoms with E-state index in [2.05, 4.69) is 0 Å². The zero-order valence-corrected chi connectivity index (χ0v) is 9.29. The molecule has 6 heteroatoms. The van der Waals surface area contributed by atoms with Crippen LogP contribution in [0.15, 0.2) is 33.1 Å². The molecule has 0 fully saturated rings. The molecule has 1 N–H and O–H groups in total. The van der Waals surface area contributed by atoms with Crippen LogP contribution in [-0.2, 0) is 18.0 Å². The monoisotopic (exact) mass is 250 g/mol. The summed E-state index contributed by atoms with van der Waals surface area (Å²) < 4.78 is 14.9. The summed E-state index contributed by atoms with van der Waals surface area (Å²) >= 11 is 0. The van der Waals surface area contributed by atoms with Crippen molar-refractivity contribution in [3.63, 3.8) is 0 Å². The summed E-state index contributed by atoms with van der Waals surface area (Å²) in [7, 11) is 0. The minimum Gasteiger partial charge on any atom is -0.455 e. The number of aliphatic hydroxyl groups excluding tert-OH is 1. The normalized spacial score (nSPS) is 10.3. The maximum Gasteiger partial charge on any atom is 0.374 e. The van der Waals surface area contributed by atoms with Gasteiger partial charge in [0.15, 0.2) is 12.0 Å². The van der Waals surface area contributed by atoms with E-state index in [4.69, 9.17) is 18.7 Å². The second kappa shape index (κ2) is 5.33. The number of aliphatic hydroxyl groups is 1. The van der Waals surface area contributed by atoms with Gasteiger partial charge in [-0.3, -0.25) is 4.79 Å². The van der Waals surface area contributed by atoms with E-state index < -0.39 is 5.97 Å². The molecule has 2 heterocycles. The highest BCUT2D eigenvalue weighted by molar-refractivity contribution is 5.86. The highest BCUT2D eigenvalue weighted by Gasteiger charge is 2.13. The molecule has 94 valence electrons. The van der Waals surface area contributed by atoms with Gasteiger partial charge in [-0.15, -0.1) is 0 Å². The highest BCUT2D eigenvalue weighted by Crippen LogP contribution is 2.12. The Balaban J connectivity index is 1.93. The molecule has 0 radical (unpaired) electrons. The quantitative estimate of drug-likeness (QED) is 0.639. The lowest BCUT2D eigenvalue weighted by Crippen LogP contribution is -2.03. The lowest BCUT2D eigenvalue weighted by molar-refractivity contribution is 0.0404. The molecule has 0 saturated heterocycles. The molecule has 0 aliphatic heterocycles. The number of aldehydes is 1. The standard InChI is InChI=1S/C12H10O6/c13-5-8-1-2-10(17-8)7-16-12(15)11-4-3-9(6-14)18-11/h1-5,14H,6-7H2. The van der Waals surface area contributed by atoms with Crippen LogP contribution in [0.3, 0.4) is 0 Å². The molecule has 0 bridgehead atoms. The first-order valence-electron chi connectivity index (χ1n) is 5.13. The minimum atomic E-state index is -0.668. The van der Waals surface area contributed by atoms with Crippen molar-refractivity contribution in [2.45, 2.75) is 13.2 Å². The van der Waals surface area contributed by atoms with Crippen LogP contribution < -0.4 is 0 Å². The fraction of sp³-hybridized carbons (Fsp3) is 0.167. The zero-order chi connectivity index (χ0) is 13.0. The first-order valence-corrected chi connectivity index (χ1v) is 5.13. The largest absolute Gasteiger partial charge is 0.455 e. The third kappa shape index (κ3) is 2.67. The van der Waals surface area contributed by atoms with Gasteiger partial charge in [0.25, 0.3) is 0 Å². The molecule has 0 aromatic carbocycles. The van der Waals surface area contributed by atoms with E-state index in [0.29, 0.717) is 12.0 Å². The summed E-state index contributed by atoms with van der Waals surface area (Å²) in [5.74, 6) is 0.143. The lowest BCUT2D eigenvalue weighted by atomic mass is 10.4. The number of ether oxygens (including phenoxy) is 1. The molecule has 2 aromatic rings. The predicted octanol–water partition coefficient (Wildman–Crippen LogP) is 1.53. The Labute approximate surface area is 102 Å². The molecule has 6 nitrogen and oxygen atoms in total. The van der Waals surface area contributed by atoms with Crippen molar-refractivity contribution < 1.29 is 28.3 Å².